The molecule has 0 aliphatic carbocycles. The summed E-state index contributed by atoms with van der Waals surface area (Å²) in [5.41, 5.74) is 2.20. The van der Waals surface area contributed by atoms with Crippen molar-refractivity contribution in [2.45, 2.75) is 58.8 Å². The van der Waals surface area contributed by atoms with E-state index < -0.39 is 0 Å². The van der Waals surface area contributed by atoms with Gasteiger partial charge in [-0.05, 0) is 31.2 Å². The van der Waals surface area contributed by atoms with Gasteiger partial charge in [-0.15, -0.1) is 0 Å². The highest BCUT2D eigenvalue weighted by Gasteiger charge is 2.09. The molecule has 0 N–H and O–H groups in total. The van der Waals surface area contributed by atoms with Gasteiger partial charge in [-0.1, -0.05) is 57.4 Å². The fourth-order valence-corrected chi connectivity index (χ4v) is 2.24. The second-order valence-electron chi connectivity index (χ2n) is 4.78. The van der Waals surface area contributed by atoms with Crippen molar-refractivity contribution < 1.29 is 4.79 Å². The monoisotopic (exact) mass is 232 g/mol. The molecule has 1 unspecified atom stereocenters. The van der Waals surface area contributed by atoms with E-state index in [2.05, 4.69) is 26.0 Å². The number of benzene rings is 1. The van der Waals surface area contributed by atoms with Gasteiger partial charge in [-0.3, -0.25) is 4.79 Å². The minimum Gasteiger partial charge on any atom is -0.295 e. The first kappa shape index (κ1) is 14.0. The Morgan fingerprint density at radius 1 is 1.12 bits per heavy atom. The van der Waals surface area contributed by atoms with Crippen LogP contribution in [0.2, 0.25) is 0 Å². The fourth-order valence-electron chi connectivity index (χ4n) is 2.24. The summed E-state index contributed by atoms with van der Waals surface area (Å²) in [5.74, 6) is 0.804. The van der Waals surface area contributed by atoms with Crippen LogP contribution >= 0.6 is 0 Å². The predicted molar refractivity (Wildman–Crippen MR) is 73.6 cm³/mol. The minimum absolute atomic E-state index is 0.149. The third-order valence-corrected chi connectivity index (χ3v) is 3.44. The summed E-state index contributed by atoms with van der Waals surface area (Å²) in [6, 6.07) is 8.16. The largest absolute Gasteiger partial charge is 0.295 e. The second-order valence-corrected chi connectivity index (χ2v) is 4.78. The number of hydrogen-bond acceptors (Lipinski definition) is 1. The molecule has 1 aromatic carbocycles. The van der Waals surface area contributed by atoms with E-state index in [4.69, 9.17) is 0 Å². The van der Waals surface area contributed by atoms with Gasteiger partial charge in [0.05, 0.1) is 0 Å². The van der Waals surface area contributed by atoms with Crippen LogP contribution in [0.1, 0.15) is 74.7 Å². The molecular weight excluding hydrogens is 208 g/mol. The molecule has 0 amide bonds. The number of hydrogen-bond donors (Lipinski definition) is 0. The number of unbranched alkanes of at least 4 members (excludes halogenated alkanes) is 2. The molecule has 1 nitrogen and oxygen atoms in total. The lowest BCUT2D eigenvalue weighted by Gasteiger charge is -2.15. The van der Waals surface area contributed by atoms with Gasteiger partial charge in [-0.25, -0.2) is 0 Å². The Bertz CT molecular complexity index is 337. The van der Waals surface area contributed by atoms with Crippen molar-refractivity contribution >= 4 is 5.78 Å². The number of Topliss-reactive ketones (excluding diaryl/α,β-unsaturated/α-hetero) is 1. The molecular formula is C16H24O. The van der Waals surface area contributed by atoms with Crippen LogP contribution in [0.3, 0.4) is 0 Å². The van der Waals surface area contributed by atoms with Crippen molar-refractivity contribution in [2.24, 2.45) is 0 Å². The van der Waals surface area contributed by atoms with Crippen LogP contribution in [0.4, 0.5) is 0 Å². The van der Waals surface area contributed by atoms with Gasteiger partial charge in [0.1, 0.15) is 0 Å². The molecule has 17 heavy (non-hydrogen) atoms. The van der Waals surface area contributed by atoms with E-state index in [1.165, 1.54) is 37.7 Å². The Kier molecular flexibility index (Phi) is 5.96. The van der Waals surface area contributed by atoms with Crippen molar-refractivity contribution in [3.63, 3.8) is 0 Å². The molecule has 0 bridgehead atoms. The molecule has 0 radical (unpaired) electrons. The Morgan fingerprint density at radius 2 is 1.76 bits per heavy atom. The standard InChI is InChI=1S/C16H24O/c1-4-6-7-8-14(5-2)16-11-9-15(10-12-16)13(3)17/h9-12,14H,4-8H2,1-3H3. The van der Waals surface area contributed by atoms with E-state index in [9.17, 15) is 4.79 Å². The van der Waals surface area contributed by atoms with Crippen LogP contribution in [0.25, 0.3) is 0 Å². The first-order chi connectivity index (χ1) is 8.19. The lowest BCUT2D eigenvalue weighted by molar-refractivity contribution is 0.101. The van der Waals surface area contributed by atoms with E-state index in [0.29, 0.717) is 5.92 Å². The van der Waals surface area contributed by atoms with Gasteiger partial charge < -0.3 is 0 Å². The summed E-state index contributed by atoms with van der Waals surface area (Å²) < 4.78 is 0. The molecule has 0 heterocycles. The lowest BCUT2D eigenvalue weighted by atomic mass is 9.90. The number of carbonyl (C=O) groups excluding carboxylic acids is 1. The molecule has 1 atom stereocenters. The highest BCUT2D eigenvalue weighted by molar-refractivity contribution is 5.94. The van der Waals surface area contributed by atoms with Crippen molar-refractivity contribution in [2.75, 3.05) is 0 Å². The smallest absolute Gasteiger partial charge is 0.159 e. The number of carbonyl (C=O) groups is 1. The number of ketones is 1. The van der Waals surface area contributed by atoms with Gasteiger partial charge in [-0.2, -0.15) is 0 Å². The third-order valence-electron chi connectivity index (χ3n) is 3.44. The van der Waals surface area contributed by atoms with Crippen molar-refractivity contribution in [3.8, 4) is 0 Å². The van der Waals surface area contributed by atoms with Crippen LogP contribution in [0.15, 0.2) is 24.3 Å². The highest BCUT2D eigenvalue weighted by atomic mass is 16.1. The molecule has 0 aliphatic rings. The summed E-state index contributed by atoms with van der Waals surface area (Å²) in [6.45, 7) is 6.10. The first-order valence-corrected chi connectivity index (χ1v) is 6.79. The van der Waals surface area contributed by atoms with Gasteiger partial charge in [0.25, 0.3) is 0 Å². The summed E-state index contributed by atoms with van der Waals surface area (Å²) in [4.78, 5) is 11.2. The molecule has 0 aliphatic heterocycles. The van der Waals surface area contributed by atoms with Crippen molar-refractivity contribution in [1.29, 1.82) is 0 Å². The maximum Gasteiger partial charge on any atom is 0.159 e. The molecule has 1 heteroatoms. The van der Waals surface area contributed by atoms with Crippen molar-refractivity contribution in [1.82, 2.24) is 0 Å². The van der Waals surface area contributed by atoms with Crippen LogP contribution in [-0.2, 0) is 0 Å². The highest BCUT2D eigenvalue weighted by Crippen LogP contribution is 2.26. The average molecular weight is 232 g/mol. The summed E-state index contributed by atoms with van der Waals surface area (Å²) in [6.07, 6.45) is 6.36. The van der Waals surface area contributed by atoms with Crippen LogP contribution in [0.5, 0.6) is 0 Å². The Morgan fingerprint density at radius 3 is 2.24 bits per heavy atom. The van der Waals surface area contributed by atoms with E-state index in [1.54, 1.807) is 6.92 Å². The molecule has 0 aromatic heterocycles. The maximum atomic E-state index is 11.2. The quantitative estimate of drug-likeness (QED) is 0.479. The van der Waals surface area contributed by atoms with E-state index in [0.717, 1.165) is 5.56 Å². The topological polar surface area (TPSA) is 17.1 Å². The van der Waals surface area contributed by atoms with Crippen LogP contribution < -0.4 is 0 Å². The zero-order valence-corrected chi connectivity index (χ0v) is 11.3. The maximum absolute atomic E-state index is 11.2. The van der Waals surface area contributed by atoms with Crippen LogP contribution in [0, 0.1) is 0 Å². The SMILES string of the molecule is CCCCCC(CC)c1ccc(C(C)=O)cc1. The average Bonchev–Trinajstić information content (AvgIpc) is 2.35. The first-order valence-electron chi connectivity index (χ1n) is 6.79. The number of rotatable bonds is 7. The molecule has 0 saturated heterocycles. The molecule has 1 aromatic rings. The Hall–Kier alpha value is -1.11. The van der Waals surface area contributed by atoms with E-state index in [1.807, 2.05) is 12.1 Å². The summed E-state index contributed by atoms with van der Waals surface area (Å²) in [7, 11) is 0. The molecule has 0 fully saturated rings. The molecule has 0 spiro atoms. The van der Waals surface area contributed by atoms with E-state index >= 15 is 0 Å². The summed E-state index contributed by atoms with van der Waals surface area (Å²) in [5, 5.41) is 0. The zero-order valence-electron chi connectivity index (χ0n) is 11.3. The van der Waals surface area contributed by atoms with Crippen molar-refractivity contribution in [3.05, 3.63) is 35.4 Å². The molecule has 0 saturated carbocycles. The minimum atomic E-state index is 0.149. The summed E-state index contributed by atoms with van der Waals surface area (Å²) >= 11 is 0. The fraction of sp³-hybridized carbons (Fsp3) is 0.562. The van der Waals surface area contributed by atoms with Gasteiger partial charge >= 0.3 is 0 Å². The normalized spacial score (nSPS) is 12.4. The zero-order chi connectivity index (χ0) is 12.7. The van der Waals surface area contributed by atoms with E-state index in [-0.39, 0.29) is 5.78 Å². The van der Waals surface area contributed by atoms with Gasteiger partial charge in [0, 0.05) is 5.56 Å². The Labute approximate surface area is 105 Å². The molecule has 94 valence electrons. The third kappa shape index (κ3) is 4.33. The Balaban J connectivity index is 2.65. The van der Waals surface area contributed by atoms with Gasteiger partial charge in [0.15, 0.2) is 5.78 Å². The lowest BCUT2D eigenvalue weighted by Crippen LogP contribution is -1.99. The molecule has 1 rings (SSSR count). The second kappa shape index (κ2) is 7.26. The predicted octanol–water partition coefficient (Wildman–Crippen LogP) is 4.96. The van der Waals surface area contributed by atoms with Gasteiger partial charge in [0.2, 0.25) is 0 Å². The van der Waals surface area contributed by atoms with Crippen LogP contribution in [-0.4, -0.2) is 5.78 Å².